The Morgan fingerprint density at radius 2 is 1.79 bits per heavy atom. The molecule has 0 spiro atoms. The number of ether oxygens (including phenoxy) is 1. The van der Waals surface area contributed by atoms with Gasteiger partial charge in [0.2, 0.25) is 11.8 Å². The van der Waals surface area contributed by atoms with E-state index in [9.17, 15) is 13.2 Å². The lowest BCUT2D eigenvalue weighted by atomic mass is 10.1. The number of hydrogen-bond donors (Lipinski definition) is 2. The monoisotopic (exact) mass is 424 g/mol. The summed E-state index contributed by atoms with van der Waals surface area (Å²) in [6.07, 6.45) is -2.36. The second-order valence-corrected chi connectivity index (χ2v) is 6.19. The number of nitrogens with one attached hydrogen (secondary N) is 1. The molecule has 0 saturated carbocycles. The molecule has 1 atom stereocenters. The second kappa shape index (κ2) is 8.14. The fourth-order valence-corrected chi connectivity index (χ4v) is 2.92. The topological polar surface area (TPSA) is 90.0 Å². The second-order valence-electron chi connectivity index (χ2n) is 6.19. The van der Waals surface area contributed by atoms with Crippen LogP contribution in [0, 0.1) is 0 Å². The molecule has 4 rings (SSSR count). The summed E-state index contributed by atoms with van der Waals surface area (Å²) < 4.78 is 46.1. The first-order valence-electron chi connectivity index (χ1n) is 8.39. The number of nitrogens with two attached hydrogens (primary N) is 1. The summed E-state index contributed by atoms with van der Waals surface area (Å²) in [6.45, 7) is 0. The fourth-order valence-electron chi connectivity index (χ4n) is 2.92. The van der Waals surface area contributed by atoms with Crippen LogP contribution < -0.4 is 10.5 Å². The first kappa shape index (κ1) is 20.7. The zero-order valence-electron chi connectivity index (χ0n) is 14.8. The molecule has 2 heterocycles. The van der Waals surface area contributed by atoms with Gasteiger partial charge in [-0.15, -0.1) is 35.8 Å². The molecule has 29 heavy (non-hydrogen) atoms. The quantitative estimate of drug-likeness (QED) is 0.481. The van der Waals surface area contributed by atoms with Crippen LogP contribution >= 0.6 is 12.4 Å². The highest BCUT2D eigenvalue weighted by Crippen LogP contribution is 2.28. The van der Waals surface area contributed by atoms with Crippen molar-refractivity contribution in [3.8, 4) is 17.2 Å². The van der Waals surface area contributed by atoms with Gasteiger partial charge in [-0.3, -0.25) is 0 Å². The van der Waals surface area contributed by atoms with Crippen molar-refractivity contribution < 1.29 is 22.3 Å². The lowest BCUT2D eigenvalue weighted by Crippen LogP contribution is -2.16. The van der Waals surface area contributed by atoms with E-state index in [4.69, 9.17) is 10.2 Å². The smallest absolute Gasteiger partial charge is 0.419 e. The number of H-pyrrole nitrogens is 1. The van der Waals surface area contributed by atoms with E-state index in [1.165, 1.54) is 24.3 Å². The Labute approximate surface area is 169 Å². The standard InChI is InChI=1S/C19H15F3N4O2.ClH/c20-19(21,22)28-13-7-5-11(6-8-13)17-25-26-18(27-17)15(23)9-12-10-24-16-4-2-1-3-14(12)16;/h1-8,10,15,24H,9,23H2;1H. The maximum Gasteiger partial charge on any atom is 0.573 e. The van der Waals surface area contributed by atoms with Crippen molar-refractivity contribution in [1.82, 2.24) is 15.2 Å². The summed E-state index contributed by atoms with van der Waals surface area (Å²) in [4.78, 5) is 3.18. The van der Waals surface area contributed by atoms with Crippen molar-refractivity contribution in [2.24, 2.45) is 5.73 Å². The molecule has 0 amide bonds. The first-order valence-corrected chi connectivity index (χ1v) is 8.39. The first-order chi connectivity index (χ1) is 13.4. The van der Waals surface area contributed by atoms with Crippen LogP contribution in [0.25, 0.3) is 22.4 Å². The predicted octanol–water partition coefficient (Wildman–Crippen LogP) is 4.78. The Morgan fingerprint density at radius 3 is 2.52 bits per heavy atom. The lowest BCUT2D eigenvalue weighted by molar-refractivity contribution is -0.274. The molecule has 0 saturated heterocycles. The van der Waals surface area contributed by atoms with Crippen LogP contribution in [0.5, 0.6) is 5.75 Å². The van der Waals surface area contributed by atoms with Crippen LogP contribution in [0.3, 0.4) is 0 Å². The fraction of sp³-hybridized carbons (Fsp3) is 0.158. The van der Waals surface area contributed by atoms with E-state index < -0.39 is 12.4 Å². The van der Waals surface area contributed by atoms with Crippen molar-refractivity contribution in [2.45, 2.75) is 18.8 Å². The minimum atomic E-state index is -4.74. The van der Waals surface area contributed by atoms with Gasteiger partial charge in [0, 0.05) is 22.7 Å². The molecule has 10 heteroatoms. The maximum absolute atomic E-state index is 12.2. The molecule has 6 nitrogen and oxygen atoms in total. The zero-order valence-corrected chi connectivity index (χ0v) is 15.6. The lowest BCUT2D eigenvalue weighted by Gasteiger charge is -2.08. The van der Waals surface area contributed by atoms with Crippen LogP contribution in [-0.4, -0.2) is 21.5 Å². The van der Waals surface area contributed by atoms with Gasteiger partial charge in [0.25, 0.3) is 0 Å². The molecule has 3 N–H and O–H groups in total. The Kier molecular flexibility index (Phi) is 5.81. The van der Waals surface area contributed by atoms with Crippen molar-refractivity contribution in [3.05, 3.63) is 66.2 Å². The van der Waals surface area contributed by atoms with E-state index in [-0.39, 0.29) is 29.9 Å². The third kappa shape index (κ3) is 4.69. The molecule has 0 aliphatic rings. The number of alkyl halides is 3. The van der Waals surface area contributed by atoms with Crippen molar-refractivity contribution in [3.63, 3.8) is 0 Å². The summed E-state index contributed by atoms with van der Waals surface area (Å²) >= 11 is 0. The minimum absolute atomic E-state index is 0. The van der Waals surface area contributed by atoms with Gasteiger partial charge in [0.05, 0.1) is 6.04 Å². The van der Waals surface area contributed by atoms with E-state index in [0.29, 0.717) is 12.0 Å². The maximum atomic E-state index is 12.2. The van der Waals surface area contributed by atoms with E-state index in [0.717, 1.165) is 16.5 Å². The predicted molar refractivity (Wildman–Crippen MR) is 103 cm³/mol. The van der Waals surface area contributed by atoms with Gasteiger partial charge in [-0.05, 0) is 42.3 Å². The summed E-state index contributed by atoms with van der Waals surface area (Å²) in [5, 5.41) is 8.98. The van der Waals surface area contributed by atoms with Gasteiger partial charge in [-0.25, -0.2) is 0 Å². The molecule has 2 aromatic carbocycles. The summed E-state index contributed by atoms with van der Waals surface area (Å²) in [5.41, 5.74) is 8.71. The molecule has 0 fully saturated rings. The molecule has 0 bridgehead atoms. The van der Waals surface area contributed by atoms with Crippen LogP contribution in [0.1, 0.15) is 17.5 Å². The number of aromatic nitrogens is 3. The van der Waals surface area contributed by atoms with Crippen molar-refractivity contribution in [1.29, 1.82) is 0 Å². The Morgan fingerprint density at radius 1 is 1.07 bits per heavy atom. The normalized spacial score (nSPS) is 12.6. The summed E-state index contributed by atoms with van der Waals surface area (Å²) in [5.74, 6) is 0.0888. The van der Waals surface area contributed by atoms with E-state index in [1.54, 1.807) is 0 Å². The number of hydrogen-bond acceptors (Lipinski definition) is 5. The molecule has 4 aromatic rings. The van der Waals surface area contributed by atoms with Gasteiger partial charge in [-0.1, -0.05) is 18.2 Å². The largest absolute Gasteiger partial charge is 0.573 e. The Hall–Kier alpha value is -3.04. The summed E-state index contributed by atoms with van der Waals surface area (Å²) in [7, 11) is 0. The Bertz CT molecular complexity index is 1090. The number of benzene rings is 2. The average molecular weight is 425 g/mol. The zero-order chi connectivity index (χ0) is 19.7. The van der Waals surface area contributed by atoms with Crippen LogP contribution in [0.15, 0.2) is 59.1 Å². The molecular formula is C19H16ClF3N4O2. The van der Waals surface area contributed by atoms with E-state index in [2.05, 4.69) is 19.9 Å². The molecule has 152 valence electrons. The average Bonchev–Trinajstić information content (AvgIpc) is 3.29. The number of para-hydroxylation sites is 1. The third-order valence-electron chi connectivity index (χ3n) is 4.21. The van der Waals surface area contributed by atoms with Gasteiger partial charge in [-0.2, -0.15) is 0 Å². The molecule has 2 aromatic heterocycles. The Balaban J connectivity index is 0.00000240. The SMILES string of the molecule is Cl.NC(Cc1c[nH]c2ccccc12)c1nnc(-c2ccc(OC(F)(F)F)cc2)o1. The van der Waals surface area contributed by atoms with Crippen LogP contribution in [0.4, 0.5) is 13.2 Å². The number of rotatable bonds is 5. The van der Waals surface area contributed by atoms with Gasteiger partial charge >= 0.3 is 6.36 Å². The highest BCUT2D eigenvalue weighted by Gasteiger charge is 2.31. The number of aromatic amines is 1. The van der Waals surface area contributed by atoms with Crippen molar-refractivity contribution in [2.75, 3.05) is 0 Å². The van der Waals surface area contributed by atoms with Crippen LogP contribution in [-0.2, 0) is 6.42 Å². The van der Waals surface area contributed by atoms with Crippen molar-refractivity contribution >= 4 is 23.3 Å². The van der Waals surface area contributed by atoms with E-state index in [1.807, 2.05) is 30.5 Å². The van der Waals surface area contributed by atoms with E-state index >= 15 is 0 Å². The van der Waals surface area contributed by atoms with Gasteiger partial charge in [0.1, 0.15) is 5.75 Å². The number of nitrogens with zero attached hydrogens (tertiary/aromatic N) is 2. The summed E-state index contributed by atoms with van der Waals surface area (Å²) in [6, 6.07) is 12.5. The molecule has 1 unspecified atom stereocenters. The minimum Gasteiger partial charge on any atom is -0.419 e. The molecular weight excluding hydrogens is 409 g/mol. The van der Waals surface area contributed by atoms with Gasteiger partial charge < -0.3 is 19.9 Å². The van der Waals surface area contributed by atoms with Crippen LogP contribution in [0.2, 0.25) is 0 Å². The highest BCUT2D eigenvalue weighted by molar-refractivity contribution is 5.85. The number of fused-ring (bicyclic) bond motifs is 1. The highest BCUT2D eigenvalue weighted by atomic mass is 35.5. The third-order valence-corrected chi connectivity index (χ3v) is 4.21. The van der Waals surface area contributed by atoms with Gasteiger partial charge in [0.15, 0.2) is 0 Å². The molecule has 0 aliphatic carbocycles. The number of halogens is 4. The molecule has 0 aliphatic heterocycles. The molecule has 0 radical (unpaired) electrons.